The van der Waals surface area contributed by atoms with E-state index in [4.69, 9.17) is 25.4 Å². The van der Waals surface area contributed by atoms with Gasteiger partial charge in [-0.05, 0) is 83.3 Å². The lowest BCUT2D eigenvalue weighted by molar-refractivity contribution is 0.674. The standard InChI is InChI=1S/C60H47N7/c61-56(44-17-5-1-6-18-44)63-57(45-19-7-2-8-20-45)62-40-41-29-31-42(32-30-41)50-38-37-49(67-54-27-15-13-25-51(54)52-26-14-16-28-55(52)67)39-53(50)43-33-35-48(36-34-43)60-65-58(46-21-9-3-10-22-46)64-59(66-60)47-23-11-4-12-24-47/h2-3,5,7-11,13-40,60-61H,1,4,6,12H2,(H,64,65,66). The molecule has 322 valence electrons. The largest absolute Gasteiger partial charge is 0.344 e. The van der Waals surface area contributed by atoms with E-state index >= 15 is 0 Å². The Bertz CT molecular complexity index is 3360. The second-order valence-corrected chi connectivity index (χ2v) is 16.9. The maximum absolute atomic E-state index is 8.75. The van der Waals surface area contributed by atoms with Crippen LogP contribution in [0.3, 0.4) is 0 Å². The lowest BCUT2D eigenvalue weighted by Gasteiger charge is -2.24. The van der Waals surface area contributed by atoms with Gasteiger partial charge in [0.15, 0.2) is 17.5 Å². The van der Waals surface area contributed by atoms with Crippen molar-refractivity contribution in [2.75, 3.05) is 0 Å². The summed E-state index contributed by atoms with van der Waals surface area (Å²) < 4.78 is 2.37. The van der Waals surface area contributed by atoms with Gasteiger partial charge in [-0.15, -0.1) is 0 Å². The van der Waals surface area contributed by atoms with Gasteiger partial charge < -0.3 is 9.88 Å². The fourth-order valence-electron chi connectivity index (χ4n) is 9.08. The Kier molecular flexibility index (Phi) is 11.4. The number of amidine groups is 4. The minimum Gasteiger partial charge on any atom is -0.344 e. The quantitative estimate of drug-likeness (QED) is 0.110. The molecule has 0 saturated carbocycles. The number of nitrogens with zero attached hydrogens (tertiary/aromatic N) is 5. The first-order chi connectivity index (χ1) is 33.1. The molecule has 8 aromatic rings. The van der Waals surface area contributed by atoms with E-state index in [9.17, 15) is 0 Å². The lowest BCUT2D eigenvalue weighted by Crippen LogP contribution is -2.33. The maximum atomic E-state index is 8.75. The smallest absolute Gasteiger partial charge is 0.161 e. The average molecular weight is 866 g/mol. The molecule has 0 bridgehead atoms. The predicted molar refractivity (Wildman–Crippen MR) is 279 cm³/mol. The molecule has 7 heteroatoms. The molecule has 0 spiro atoms. The number of nitrogens with one attached hydrogen (secondary N) is 2. The number of fused-ring (bicyclic) bond motifs is 3. The van der Waals surface area contributed by atoms with Crippen LogP contribution in [0.4, 0.5) is 0 Å². The van der Waals surface area contributed by atoms with Crippen LogP contribution < -0.4 is 5.32 Å². The summed E-state index contributed by atoms with van der Waals surface area (Å²) >= 11 is 0. The summed E-state index contributed by atoms with van der Waals surface area (Å²) in [6.45, 7) is 0. The van der Waals surface area contributed by atoms with Crippen molar-refractivity contribution in [3.63, 3.8) is 0 Å². The Morgan fingerprint density at radius 2 is 1.25 bits per heavy atom. The summed E-state index contributed by atoms with van der Waals surface area (Å²) in [7, 11) is 0. The molecule has 1 atom stereocenters. The van der Waals surface area contributed by atoms with Crippen LogP contribution in [-0.4, -0.2) is 34.1 Å². The highest BCUT2D eigenvalue weighted by atomic mass is 15.2. The highest BCUT2D eigenvalue weighted by molar-refractivity contribution is 6.15. The Morgan fingerprint density at radius 3 is 1.94 bits per heavy atom. The minimum absolute atomic E-state index is 0.208. The summed E-state index contributed by atoms with van der Waals surface area (Å²) in [4.78, 5) is 19.7. The third-order valence-electron chi connectivity index (χ3n) is 12.5. The van der Waals surface area contributed by atoms with Gasteiger partial charge in [0.25, 0.3) is 0 Å². The van der Waals surface area contributed by atoms with E-state index < -0.39 is 0 Å². The molecule has 2 aliphatic carbocycles. The number of rotatable bonds is 9. The number of allylic oxidation sites excluding steroid dienone is 4. The first kappa shape index (κ1) is 41.2. The highest BCUT2D eigenvalue weighted by Gasteiger charge is 2.23. The number of benzene rings is 7. The molecule has 7 nitrogen and oxygen atoms in total. The molecule has 3 aliphatic rings. The number of aromatic nitrogens is 1. The molecule has 0 fully saturated rings. The predicted octanol–water partition coefficient (Wildman–Crippen LogP) is 14.0. The highest BCUT2D eigenvalue weighted by Crippen LogP contribution is 2.38. The van der Waals surface area contributed by atoms with Crippen molar-refractivity contribution in [3.05, 3.63) is 246 Å². The third kappa shape index (κ3) is 8.58. The van der Waals surface area contributed by atoms with Crippen molar-refractivity contribution < 1.29 is 0 Å². The number of aliphatic imine (C=N–C) groups is 4. The first-order valence-electron chi connectivity index (χ1n) is 23.0. The Hall–Kier alpha value is -8.55. The lowest BCUT2D eigenvalue weighted by atomic mass is 9.92. The zero-order chi connectivity index (χ0) is 44.9. The van der Waals surface area contributed by atoms with E-state index in [1.54, 1.807) is 0 Å². The summed E-state index contributed by atoms with van der Waals surface area (Å²) in [6, 6.07) is 61.6. The second kappa shape index (κ2) is 18.5. The third-order valence-corrected chi connectivity index (χ3v) is 12.5. The van der Waals surface area contributed by atoms with E-state index in [0.717, 1.165) is 110 Å². The second-order valence-electron chi connectivity index (χ2n) is 16.9. The van der Waals surface area contributed by atoms with E-state index in [0.29, 0.717) is 5.84 Å². The molecule has 0 radical (unpaired) electrons. The van der Waals surface area contributed by atoms with Crippen LogP contribution in [0.15, 0.2) is 243 Å². The molecule has 0 amide bonds. The van der Waals surface area contributed by atoms with Crippen molar-refractivity contribution in [2.24, 2.45) is 20.0 Å². The first-order valence-corrected chi connectivity index (χ1v) is 23.0. The molecule has 0 saturated heterocycles. The monoisotopic (exact) mass is 865 g/mol. The Balaban J connectivity index is 0.968. The molecule has 7 aromatic carbocycles. The normalized spacial score (nSPS) is 16.1. The van der Waals surface area contributed by atoms with Gasteiger partial charge in [0.05, 0.1) is 11.0 Å². The van der Waals surface area contributed by atoms with Crippen molar-refractivity contribution in [3.8, 4) is 27.9 Å². The Labute approximate surface area is 390 Å². The molecule has 67 heavy (non-hydrogen) atoms. The summed E-state index contributed by atoms with van der Waals surface area (Å²) in [6.07, 6.45) is 18.1. The van der Waals surface area contributed by atoms with E-state index in [-0.39, 0.29) is 12.0 Å². The van der Waals surface area contributed by atoms with E-state index in [1.807, 2.05) is 60.8 Å². The van der Waals surface area contributed by atoms with Crippen molar-refractivity contribution in [2.45, 2.75) is 31.8 Å². The number of hydrogen-bond acceptors (Lipinski definition) is 4. The van der Waals surface area contributed by atoms with Gasteiger partial charge in [-0.25, -0.2) is 20.0 Å². The number of para-hydroxylation sites is 2. The zero-order valence-corrected chi connectivity index (χ0v) is 36.9. The van der Waals surface area contributed by atoms with Gasteiger partial charge in [0.2, 0.25) is 0 Å². The summed E-state index contributed by atoms with van der Waals surface area (Å²) in [5, 5.41) is 14.8. The molecule has 1 unspecified atom stereocenters. The van der Waals surface area contributed by atoms with Gasteiger partial charge in [0, 0.05) is 44.9 Å². The van der Waals surface area contributed by atoms with E-state index in [1.165, 1.54) is 10.8 Å². The van der Waals surface area contributed by atoms with Gasteiger partial charge in [-0.1, -0.05) is 188 Å². The molecule has 1 aromatic heterocycles. The Morgan fingerprint density at radius 1 is 0.612 bits per heavy atom. The molecule has 11 rings (SSSR count). The topological polar surface area (TPSA) is 90.2 Å². The minimum atomic E-state index is -0.315. The fourth-order valence-corrected chi connectivity index (χ4v) is 9.08. The van der Waals surface area contributed by atoms with Crippen molar-refractivity contribution in [1.29, 1.82) is 5.41 Å². The molecular weight excluding hydrogens is 819 g/mol. The molecule has 2 N–H and O–H groups in total. The van der Waals surface area contributed by atoms with Crippen LogP contribution in [0.5, 0.6) is 0 Å². The van der Waals surface area contributed by atoms with Gasteiger partial charge in [-0.2, -0.15) is 0 Å². The molecule has 2 heterocycles. The van der Waals surface area contributed by atoms with Crippen molar-refractivity contribution in [1.82, 2.24) is 9.88 Å². The van der Waals surface area contributed by atoms with Crippen LogP contribution in [-0.2, 0) is 0 Å². The zero-order valence-electron chi connectivity index (χ0n) is 36.9. The number of hydrogen-bond donors (Lipinski definition) is 2. The summed E-state index contributed by atoms with van der Waals surface area (Å²) in [5.74, 6) is 2.26. The van der Waals surface area contributed by atoms with Crippen LogP contribution in [0.25, 0.3) is 49.7 Å². The van der Waals surface area contributed by atoms with Crippen LogP contribution in [0.2, 0.25) is 0 Å². The van der Waals surface area contributed by atoms with Crippen LogP contribution in [0.1, 0.15) is 54.1 Å². The van der Waals surface area contributed by atoms with Gasteiger partial charge in [0.1, 0.15) is 12.0 Å². The average Bonchev–Trinajstić information content (AvgIpc) is 3.75. The van der Waals surface area contributed by atoms with Crippen LogP contribution >= 0.6 is 0 Å². The SMILES string of the molecule is N=C(N=C(N=Cc1ccc(-c2ccc(-n3c4ccccc4c4ccccc43)cc2-c2ccc(C3N=C(C4=CCCC=C4)N=C(c4ccccc4)N3)cc2)cc1)c1ccccc1)C1=CCCC=C1. The fraction of sp³-hybridized carbons (Fsp3) is 0.0833. The van der Waals surface area contributed by atoms with E-state index in [2.05, 4.69) is 168 Å². The summed E-state index contributed by atoms with van der Waals surface area (Å²) in [5.41, 5.74) is 13.6. The molecular formula is C60H47N7. The maximum Gasteiger partial charge on any atom is 0.161 e. The van der Waals surface area contributed by atoms with Crippen molar-refractivity contribution >= 4 is 51.4 Å². The molecule has 1 aliphatic heterocycles. The van der Waals surface area contributed by atoms with Gasteiger partial charge >= 0.3 is 0 Å². The van der Waals surface area contributed by atoms with Gasteiger partial charge in [-0.3, -0.25) is 5.41 Å². The van der Waals surface area contributed by atoms with Crippen LogP contribution in [0, 0.1) is 5.41 Å².